The van der Waals surface area contributed by atoms with Gasteiger partial charge in [0.15, 0.2) is 5.58 Å². The SMILES string of the molecule is Brc1ccc(-c2nc3cc4ccccc4cc3o2)cc1. The molecule has 0 amide bonds. The van der Waals surface area contributed by atoms with Crippen molar-refractivity contribution in [3.05, 3.63) is 65.1 Å². The maximum atomic E-state index is 5.88. The standard InChI is InChI=1S/C17H10BrNO/c18-14-7-5-11(6-8-14)17-19-15-9-12-3-1-2-4-13(12)10-16(15)20-17/h1-10H. The minimum atomic E-state index is 0.655. The van der Waals surface area contributed by atoms with Crippen molar-refractivity contribution in [2.45, 2.75) is 0 Å². The molecule has 2 nitrogen and oxygen atoms in total. The van der Waals surface area contributed by atoms with Crippen molar-refractivity contribution in [1.82, 2.24) is 4.98 Å². The molecule has 4 aromatic rings. The first kappa shape index (κ1) is 11.7. The highest BCUT2D eigenvalue weighted by Gasteiger charge is 2.09. The largest absolute Gasteiger partial charge is 0.436 e. The Bertz CT molecular complexity index is 857. The highest BCUT2D eigenvalue weighted by Crippen LogP contribution is 2.28. The average Bonchev–Trinajstić information content (AvgIpc) is 2.88. The van der Waals surface area contributed by atoms with Crippen LogP contribution >= 0.6 is 15.9 Å². The number of fused-ring (bicyclic) bond motifs is 2. The number of rotatable bonds is 1. The highest BCUT2D eigenvalue weighted by molar-refractivity contribution is 9.10. The van der Waals surface area contributed by atoms with Gasteiger partial charge >= 0.3 is 0 Å². The third kappa shape index (κ3) is 1.91. The topological polar surface area (TPSA) is 26.0 Å². The molecule has 4 rings (SSSR count). The molecule has 0 N–H and O–H groups in total. The van der Waals surface area contributed by atoms with Gasteiger partial charge in [-0.3, -0.25) is 0 Å². The number of nitrogens with zero attached hydrogens (tertiary/aromatic N) is 1. The molecule has 0 atom stereocenters. The van der Waals surface area contributed by atoms with E-state index in [4.69, 9.17) is 4.42 Å². The van der Waals surface area contributed by atoms with Gasteiger partial charge in [0.1, 0.15) is 5.52 Å². The van der Waals surface area contributed by atoms with Crippen molar-refractivity contribution in [2.24, 2.45) is 0 Å². The van der Waals surface area contributed by atoms with Crippen molar-refractivity contribution in [1.29, 1.82) is 0 Å². The van der Waals surface area contributed by atoms with E-state index in [0.29, 0.717) is 5.89 Å². The molecule has 0 unspecified atom stereocenters. The van der Waals surface area contributed by atoms with Crippen LogP contribution in [0.15, 0.2) is 69.6 Å². The normalized spacial score (nSPS) is 11.2. The number of oxazole rings is 1. The molecule has 1 heterocycles. The Hall–Kier alpha value is -2.13. The Morgan fingerprint density at radius 2 is 1.55 bits per heavy atom. The number of benzene rings is 3. The van der Waals surface area contributed by atoms with Crippen LogP contribution in [-0.4, -0.2) is 4.98 Å². The minimum absolute atomic E-state index is 0.655. The summed E-state index contributed by atoms with van der Waals surface area (Å²) in [6, 6.07) is 20.3. The van der Waals surface area contributed by atoms with Crippen molar-refractivity contribution < 1.29 is 4.42 Å². The average molecular weight is 324 g/mol. The second-order valence-electron chi connectivity index (χ2n) is 4.69. The summed E-state index contributed by atoms with van der Waals surface area (Å²) in [5.74, 6) is 0.655. The summed E-state index contributed by atoms with van der Waals surface area (Å²) in [5, 5.41) is 2.34. The predicted molar refractivity (Wildman–Crippen MR) is 84.7 cm³/mol. The van der Waals surface area contributed by atoms with E-state index in [1.807, 2.05) is 42.5 Å². The summed E-state index contributed by atoms with van der Waals surface area (Å²) in [7, 11) is 0. The molecule has 0 aliphatic heterocycles. The summed E-state index contributed by atoms with van der Waals surface area (Å²) in [5.41, 5.74) is 2.69. The fraction of sp³-hybridized carbons (Fsp3) is 0. The van der Waals surface area contributed by atoms with Crippen LogP contribution in [0, 0.1) is 0 Å². The second kappa shape index (κ2) is 4.46. The summed E-state index contributed by atoms with van der Waals surface area (Å²) in [6.45, 7) is 0. The van der Waals surface area contributed by atoms with E-state index in [0.717, 1.165) is 21.1 Å². The van der Waals surface area contributed by atoms with Gasteiger partial charge in [-0.15, -0.1) is 0 Å². The van der Waals surface area contributed by atoms with E-state index >= 15 is 0 Å². The molecule has 20 heavy (non-hydrogen) atoms. The molecule has 0 saturated heterocycles. The van der Waals surface area contributed by atoms with Crippen LogP contribution in [0.25, 0.3) is 33.3 Å². The van der Waals surface area contributed by atoms with Crippen molar-refractivity contribution >= 4 is 37.8 Å². The number of halogens is 1. The number of hydrogen-bond acceptors (Lipinski definition) is 2. The van der Waals surface area contributed by atoms with Gasteiger partial charge in [-0.1, -0.05) is 40.2 Å². The van der Waals surface area contributed by atoms with E-state index in [-0.39, 0.29) is 0 Å². The number of hydrogen-bond donors (Lipinski definition) is 0. The van der Waals surface area contributed by atoms with E-state index in [2.05, 4.69) is 39.1 Å². The van der Waals surface area contributed by atoms with Crippen molar-refractivity contribution in [3.63, 3.8) is 0 Å². The molecule has 3 heteroatoms. The number of aromatic nitrogens is 1. The van der Waals surface area contributed by atoms with Gasteiger partial charge in [0.25, 0.3) is 0 Å². The molecule has 0 saturated carbocycles. The quantitative estimate of drug-likeness (QED) is 0.468. The summed E-state index contributed by atoms with van der Waals surface area (Å²) >= 11 is 3.43. The molecule has 1 aromatic heterocycles. The Balaban J connectivity index is 1.93. The van der Waals surface area contributed by atoms with Crippen molar-refractivity contribution in [2.75, 3.05) is 0 Å². The van der Waals surface area contributed by atoms with Gasteiger partial charge in [0, 0.05) is 10.0 Å². The maximum Gasteiger partial charge on any atom is 0.227 e. The molecular formula is C17H10BrNO. The molecule has 0 bridgehead atoms. The molecule has 3 aromatic carbocycles. The highest BCUT2D eigenvalue weighted by atomic mass is 79.9. The lowest BCUT2D eigenvalue weighted by Gasteiger charge is -1.95. The third-order valence-electron chi connectivity index (χ3n) is 3.35. The summed E-state index contributed by atoms with van der Waals surface area (Å²) < 4.78 is 6.92. The molecule has 0 spiro atoms. The minimum Gasteiger partial charge on any atom is -0.436 e. The molecule has 0 fully saturated rings. The first-order chi connectivity index (χ1) is 9.79. The maximum absolute atomic E-state index is 5.88. The fourth-order valence-electron chi connectivity index (χ4n) is 2.33. The molecular weight excluding hydrogens is 314 g/mol. The Labute approximate surface area is 124 Å². The first-order valence-corrected chi connectivity index (χ1v) is 7.14. The van der Waals surface area contributed by atoms with Gasteiger partial charge in [0.2, 0.25) is 5.89 Å². The van der Waals surface area contributed by atoms with Gasteiger partial charge in [-0.05, 0) is 47.2 Å². The molecule has 96 valence electrons. The smallest absolute Gasteiger partial charge is 0.227 e. The molecule has 0 aliphatic rings. The van der Waals surface area contributed by atoms with E-state index in [9.17, 15) is 0 Å². The monoisotopic (exact) mass is 323 g/mol. The van der Waals surface area contributed by atoms with Crippen LogP contribution in [0.1, 0.15) is 0 Å². The first-order valence-electron chi connectivity index (χ1n) is 6.35. The third-order valence-corrected chi connectivity index (χ3v) is 3.88. The zero-order valence-corrected chi connectivity index (χ0v) is 12.1. The molecule has 0 radical (unpaired) electrons. The summed E-state index contributed by atoms with van der Waals surface area (Å²) in [6.07, 6.45) is 0. The fourth-order valence-corrected chi connectivity index (χ4v) is 2.59. The van der Waals surface area contributed by atoms with E-state index < -0.39 is 0 Å². The lowest BCUT2D eigenvalue weighted by molar-refractivity contribution is 0.620. The van der Waals surface area contributed by atoms with Crippen LogP contribution in [0.2, 0.25) is 0 Å². The molecule has 0 aliphatic carbocycles. The summed E-state index contributed by atoms with van der Waals surface area (Å²) in [4.78, 5) is 4.58. The van der Waals surface area contributed by atoms with Gasteiger partial charge < -0.3 is 4.42 Å². The predicted octanol–water partition coefficient (Wildman–Crippen LogP) is 5.41. The lowest BCUT2D eigenvalue weighted by Crippen LogP contribution is -1.76. The van der Waals surface area contributed by atoms with Crippen LogP contribution in [-0.2, 0) is 0 Å². The van der Waals surface area contributed by atoms with E-state index in [1.54, 1.807) is 0 Å². The Morgan fingerprint density at radius 3 is 2.30 bits per heavy atom. The van der Waals surface area contributed by atoms with Crippen LogP contribution < -0.4 is 0 Å². The van der Waals surface area contributed by atoms with Gasteiger partial charge in [0.05, 0.1) is 0 Å². The van der Waals surface area contributed by atoms with Crippen LogP contribution in [0.4, 0.5) is 0 Å². The van der Waals surface area contributed by atoms with Gasteiger partial charge in [-0.2, -0.15) is 0 Å². The van der Waals surface area contributed by atoms with Gasteiger partial charge in [-0.25, -0.2) is 4.98 Å². The van der Waals surface area contributed by atoms with Crippen molar-refractivity contribution in [3.8, 4) is 11.5 Å². The van der Waals surface area contributed by atoms with Crippen LogP contribution in [0.5, 0.6) is 0 Å². The Morgan fingerprint density at radius 1 is 0.850 bits per heavy atom. The second-order valence-corrected chi connectivity index (χ2v) is 5.61. The lowest BCUT2D eigenvalue weighted by atomic mass is 10.1. The Kier molecular flexibility index (Phi) is 2.60. The van der Waals surface area contributed by atoms with E-state index in [1.165, 1.54) is 10.8 Å². The zero-order valence-electron chi connectivity index (χ0n) is 10.5. The zero-order chi connectivity index (χ0) is 13.5. The van der Waals surface area contributed by atoms with Crippen LogP contribution in [0.3, 0.4) is 0 Å².